The molecule has 3 N–H and O–H groups in total. The lowest BCUT2D eigenvalue weighted by Gasteiger charge is -2.20. The maximum Gasteiger partial charge on any atom is 0.0864 e. The van der Waals surface area contributed by atoms with Crippen molar-refractivity contribution in [2.24, 2.45) is 5.73 Å². The second-order valence-electron chi connectivity index (χ2n) is 2.47. The molecule has 0 aliphatic heterocycles. The van der Waals surface area contributed by atoms with Crippen molar-refractivity contribution in [3.63, 3.8) is 0 Å². The smallest absolute Gasteiger partial charge is 0.0864 e. The molecule has 0 rings (SSSR count). The summed E-state index contributed by atoms with van der Waals surface area (Å²) in [6.07, 6.45) is 0.584. The summed E-state index contributed by atoms with van der Waals surface area (Å²) >= 11 is 0. The first-order valence-electron chi connectivity index (χ1n) is 3.04. The lowest BCUT2D eigenvalue weighted by Crippen LogP contribution is -2.32. The monoisotopic (exact) mass is 133 g/mol. The molecule has 0 spiro atoms. The van der Waals surface area contributed by atoms with Gasteiger partial charge in [-0.1, -0.05) is 0 Å². The minimum atomic E-state index is -0.747. The van der Waals surface area contributed by atoms with Crippen LogP contribution in [0.5, 0.6) is 0 Å². The highest BCUT2D eigenvalue weighted by atomic mass is 16.5. The molecule has 0 saturated heterocycles. The van der Waals surface area contributed by atoms with Crippen molar-refractivity contribution in [2.45, 2.75) is 18.9 Å². The fraction of sp³-hybridized carbons (Fsp3) is 1.00. The minimum absolute atomic E-state index is 0.351. The van der Waals surface area contributed by atoms with Crippen LogP contribution in [0, 0.1) is 0 Å². The number of hydrogen-bond donors (Lipinski definition) is 2. The third-order valence-electron chi connectivity index (χ3n) is 1.14. The van der Waals surface area contributed by atoms with Gasteiger partial charge in [-0.3, -0.25) is 0 Å². The molecule has 3 nitrogen and oxygen atoms in total. The quantitative estimate of drug-likeness (QED) is 0.555. The van der Waals surface area contributed by atoms with Crippen LogP contribution in [0.4, 0.5) is 0 Å². The summed E-state index contributed by atoms with van der Waals surface area (Å²) in [5, 5.41) is 9.31. The summed E-state index contributed by atoms with van der Waals surface area (Å²) in [7, 11) is 1.56. The van der Waals surface area contributed by atoms with Gasteiger partial charge in [0, 0.05) is 7.11 Å². The molecule has 0 aromatic carbocycles. The summed E-state index contributed by atoms with van der Waals surface area (Å²) in [5.41, 5.74) is 4.48. The Hall–Kier alpha value is -0.120. The van der Waals surface area contributed by atoms with Gasteiger partial charge in [0.2, 0.25) is 0 Å². The Morgan fingerprint density at radius 1 is 1.67 bits per heavy atom. The van der Waals surface area contributed by atoms with Crippen LogP contribution in [0.15, 0.2) is 0 Å². The summed E-state index contributed by atoms with van der Waals surface area (Å²) in [6, 6.07) is 0. The molecule has 0 amide bonds. The van der Waals surface area contributed by atoms with E-state index in [1.807, 2.05) is 0 Å². The first kappa shape index (κ1) is 8.88. The van der Waals surface area contributed by atoms with E-state index in [1.165, 1.54) is 0 Å². The second-order valence-corrected chi connectivity index (χ2v) is 2.47. The van der Waals surface area contributed by atoms with Crippen molar-refractivity contribution >= 4 is 0 Å². The van der Waals surface area contributed by atoms with E-state index in [0.717, 1.165) is 0 Å². The SMILES string of the molecule is COCC(C)(O)CCN. The summed E-state index contributed by atoms with van der Waals surface area (Å²) in [4.78, 5) is 0. The Kier molecular flexibility index (Phi) is 3.77. The lowest BCUT2D eigenvalue weighted by atomic mass is 10.0. The van der Waals surface area contributed by atoms with Crippen molar-refractivity contribution in [3.05, 3.63) is 0 Å². The van der Waals surface area contributed by atoms with E-state index in [1.54, 1.807) is 14.0 Å². The summed E-state index contributed by atoms with van der Waals surface area (Å²) < 4.78 is 4.75. The molecule has 9 heavy (non-hydrogen) atoms. The van der Waals surface area contributed by atoms with Crippen LogP contribution in [0.25, 0.3) is 0 Å². The third-order valence-corrected chi connectivity index (χ3v) is 1.14. The van der Waals surface area contributed by atoms with Crippen molar-refractivity contribution in [1.29, 1.82) is 0 Å². The number of nitrogens with two attached hydrogens (primary N) is 1. The van der Waals surface area contributed by atoms with Crippen LogP contribution in [-0.4, -0.2) is 31.0 Å². The van der Waals surface area contributed by atoms with Crippen molar-refractivity contribution < 1.29 is 9.84 Å². The molecule has 1 unspecified atom stereocenters. The highest BCUT2D eigenvalue weighted by Gasteiger charge is 2.17. The van der Waals surface area contributed by atoms with Crippen LogP contribution in [-0.2, 0) is 4.74 Å². The Balaban J connectivity index is 3.43. The Morgan fingerprint density at radius 3 is 2.56 bits per heavy atom. The third kappa shape index (κ3) is 4.39. The van der Waals surface area contributed by atoms with Crippen LogP contribution in [0.1, 0.15) is 13.3 Å². The molecule has 0 saturated carbocycles. The Labute approximate surface area is 55.8 Å². The molecular weight excluding hydrogens is 118 g/mol. The predicted octanol–water partition coefficient (Wildman–Crippen LogP) is -0.267. The summed E-state index contributed by atoms with van der Waals surface area (Å²) in [6.45, 7) is 2.56. The first-order chi connectivity index (χ1) is 4.12. The van der Waals surface area contributed by atoms with E-state index >= 15 is 0 Å². The highest BCUT2D eigenvalue weighted by Crippen LogP contribution is 2.06. The zero-order valence-electron chi connectivity index (χ0n) is 6.05. The van der Waals surface area contributed by atoms with Crippen LogP contribution < -0.4 is 5.73 Å². The van der Waals surface area contributed by atoms with E-state index in [-0.39, 0.29) is 0 Å². The average Bonchev–Trinajstić information content (AvgIpc) is 1.64. The van der Waals surface area contributed by atoms with Gasteiger partial charge >= 0.3 is 0 Å². The summed E-state index contributed by atoms with van der Waals surface area (Å²) in [5.74, 6) is 0. The van der Waals surface area contributed by atoms with Crippen molar-refractivity contribution in [3.8, 4) is 0 Å². The fourth-order valence-electron chi connectivity index (χ4n) is 0.694. The Morgan fingerprint density at radius 2 is 2.22 bits per heavy atom. The standard InChI is InChI=1S/C6H15NO2/c1-6(8,3-4-7)5-9-2/h8H,3-5,7H2,1-2H3. The molecule has 0 heterocycles. The molecular formula is C6H15NO2. The number of aliphatic hydroxyl groups is 1. The molecule has 0 aromatic heterocycles. The Bertz CT molecular complexity index is 65.5. The molecule has 56 valence electrons. The zero-order valence-corrected chi connectivity index (χ0v) is 6.05. The molecule has 0 fully saturated rings. The maximum absolute atomic E-state index is 9.31. The van der Waals surface area contributed by atoms with Gasteiger partial charge in [0.15, 0.2) is 0 Å². The zero-order chi connectivity index (χ0) is 7.33. The van der Waals surface area contributed by atoms with E-state index < -0.39 is 5.60 Å². The van der Waals surface area contributed by atoms with Crippen LogP contribution >= 0.6 is 0 Å². The number of rotatable bonds is 4. The van der Waals surface area contributed by atoms with Crippen LogP contribution in [0.3, 0.4) is 0 Å². The number of methoxy groups -OCH3 is 1. The molecule has 0 aliphatic carbocycles. The van der Waals surface area contributed by atoms with Gasteiger partial charge in [-0.2, -0.15) is 0 Å². The minimum Gasteiger partial charge on any atom is -0.388 e. The van der Waals surface area contributed by atoms with Gasteiger partial charge in [-0.15, -0.1) is 0 Å². The van der Waals surface area contributed by atoms with Gasteiger partial charge in [0.25, 0.3) is 0 Å². The normalized spacial score (nSPS) is 17.3. The number of hydrogen-bond acceptors (Lipinski definition) is 3. The highest BCUT2D eigenvalue weighted by molar-refractivity contribution is 4.71. The first-order valence-corrected chi connectivity index (χ1v) is 3.04. The molecule has 3 heteroatoms. The maximum atomic E-state index is 9.31. The second kappa shape index (κ2) is 3.82. The molecule has 0 aliphatic rings. The molecule has 0 radical (unpaired) electrons. The molecule has 1 atom stereocenters. The molecule has 0 aromatic rings. The van der Waals surface area contributed by atoms with Gasteiger partial charge in [-0.25, -0.2) is 0 Å². The van der Waals surface area contributed by atoms with E-state index in [4.69, 9.17) is 10.5 Å². The van der Waals surface area contributed by atoms with Gasteiger partial charge in [0.1, 0.15) is 0 Å². The largest absolute Gasteiger partial charge is 0.388 e. The van der Waals surface area contributed by atoms with Crippen molar-refractivity contribution in [2.75, 3.05) is 20.3 Å². The number of ether oxygens (including phenoxy) is 1. The van der Waals surface area contributed by atoms with Gasteiger partial charge in [-0.05, 0) is 19.9 Å². The van der Waals surface area contributed by atoms with Gasteiger partial charge in [0.05, 0.1) is 12.2 Å². The fourth-order valence-corrected chi connectivity index (χ4v) is 0.694. The lowest BCUT2D eigenvalue weighted by molar-refractivity contribution is -0.0207. The van der Waals surface area contributed by atoms with E-state index in [0.29, 0.717) is 19.6 Å². The average molecular weight is 133 g/mol. The van der Waals surface area contributed by atoms with E-state index in [2.05, 4.69) is 0 Å². The predicted molar refractivity (Wildman–Crippen MR) is 36.2 cm³/mol. The van der Waals surface area contributed by atoms with E-state index in [9.17, 15) is 5.11 Å². The van der Waals surface area contributed by atoms with Crippen molar-refractivity contribution in [1.82, 2.24) is 0 Å². The topological polar surface area (TPSA) is 55.5 Å². The molecule has 0 bridgehead atoms. The van der Waals surface area contributed by atoms with Gasteiger partial charge < -0.3 is 15.6 Å². The van der Waals surface area contributed by atoms with Crippen LogP contribution in [0.2, 0.25) is 0 Å².